The zero-order valence-corrected chi connectivity index (χ0v) is 8.32. The van der Waals surface area contributed by atoms with Gasteiger partial charge in [0.05, 0.1) is 5.39 Å². The van der Waals surface area contributed by atoms with Crippen molar-refractivity contribution in [3.8, 4) is 0 Å². The standard InChI is InChI=1S/C7H6Cl2N4/c1-2-3-4-5(8)10-7(9)11-6(4)13-12-3/h2H2,1H3,(H,10,11,12,13). The van der Waals surface area contributed by atoms with Gasteiger partial charge in [-0.25, -0.2) is 4.98 Å². The maximum absolute atomic E-state index is 5.89. The van der Waals surface area contributed by atoms with E-state index in [1.54, 1.807) is 0 Å². The van der Waals surface area contributed by atoms with Crippen molar-refractivity contribution in [2.24, 2.45) is 0 Å². The van der Waals surface area contributed by atoms with Gasteiger partial charge in [-0.05, 0) is 18.0 Å². The molecule has 0 radical (unpaired) electrons. The van der Waals surface area contributed by atoms with E-state index in [2.05, 4.69) is 20.2 Å². The van der Waals surface area contributed by atoms with Gasteiger partial charge in [0.25, 0.3) is 0 Å². The number of hydrogen-bond donors (Lipinski definition) is 1. The number of H-pyrrole nitrogens is 1. The minimum absolute atomic E-state index is 0.117. The van der Waals surface area contributed by atoms with Gasteiger partial charge in [0.15, 0.2) is 5.65 Å². The molecule has 2 heterocycles. The highest BCUT2D eigenvalue weighted by molar-refractivity contribution is 6.35. The van der Waals surface area contributed by atoms with E-state index in [0.717, 1.165) is 17.5 Å². The first-order valence-corrected chi connectivity index (χ1v) is 4.54. The van der Waals surface area contributed by atoms with Gasteiger partial charge >= 0.3 is 0 Å². The fraction of sp³-hybridized carbons (Fsp3) is 0.286. The van der Waals surface area contributed by atoms with Crippen LogP contribution in [0.25, 0.3) is 11.0 Å². The fourth-order valence-electron chi connectivity index (χ4n) is 1.17. The number of halogens is 2. The Kier molecular flexibility index (Phi) is 2.09. The lowest BCUT2D eigenvalue weighted by Crippen LogP contribution is -1.86. The zero-order valence-electron chi connectivity index (χ0n) is 6.80. The summed E-state index contributed by atoms with van der Waals surface area (Å²) in [6.07, 6.45) is 0.807. The van der Waals surface area contributed by atoms with Gasteiger partial charge < -0.3 is 0 Å². The number of nitrogens with zero attached hydrogens (tertiary/aromatic N) is 3. The van der Waals surface area contributed by atoms with Crippen LogP contribution >= 0.6 is 23.2 Å². The number of aromatic nitrogens is 4. The molecule has 1 N–H and O–H groups in total. The van der Waals surface area contributed by atoms with Crippen LogP contribution < -0.4 is 0 Å². The summed E-state index contributed by atoms with van der Waals surface area (Å²) in [6, 6.07) is 0. The molecule has 0 atom stereocenters. The van der Waals surface area contributed by atoms with Crippen molar-refractivity contribution >= 4 is 34.2 Å². The fourth-order valence-corrected chi connectivity index (χ4v) is 1.66. The topological polar surface area (TPSA) is 54.5 Å². The number of rotatable bonds is 1. The quantitative estimate of drug-likeness (QED) is 0.588. The number of aryl methyl sites for hydroxylation is 1. The molecule has 13 heavy (non-hydrogen) atoms. The molecule has 2 aromatic rings. The minimum atomic E-state index is 0.117. The van der Waals surface area contributed by atoms with Crippen LogP contribution in [0.4, 0.5) is 0 Å². The van der Waals surface area contributed by atoms with E-state index < -0.39 is 0 Å². The molecule has 0 fully saturated rings. The van der Waals surface area contributed by atoms with Crippen molar-refractivity contribution in [2.75, 3.05) is 0 Å². The van der Waals surface area contributed by atoms with E-state index in [0.29, 0.717) is 10.8 Å². The van der Waals surface area contributed by atoms with Gasteiger partial charge in [0, 0.05) is 5.69 Å². The molecule has 0 bridgehead atoms. The Balaban J connectivity index is 2.82. The molecule has 0 spiro atoms. The average Bonchev–Trinajstić information content (AvgIpc) is 2.47. The molecular weight excluding hydrogens is 211 g/mol. The molecular formula is C7H6Cl2N4. The van der Waals surface area contributed by atoms with E-state index in [1.807, 2.05) is 6.92 Å². The molecule has 6 heteroatoms. The first-order chi connectivity index (χ1) is 6.22. The van der Waals surface area contributed by atoms with Crippen LogP contribution in [0.15, 0.2) is 0 Å². The molecule has 0 aliphatic carbocycles. The van der Waals surface area contributed by atoms with E-state index in [1.165, 1.54) is 0 Å². The summed E-state index contributed by atoms with van der Waals surface area (Å²) >= 11 is 11.5. The Hall–Kier alpha value is -0.870. The van der Waals surface area contributed by atoms with Crippen LogP contribution in [-0.2, 0) is 6.42 Å². The number of fused-ring (bicyclic) bond motifs is 1. The van der Waals surface area contributed by atoms with Crippen molar-refractivity contribution in [1.82, 2.24) is 20.2 Å². The van der Waals surface area contributed by atoms with Crippen LogP contribution in [0.2, 0.25) is 10.4 Å². The predicted octanol–water partition coefficient (Wildman–Crippen LogP) is 2.22. The third-order valence-electron chi connectivity index (χ3n) is 1.77. The SMILES string of the molecule is CCc1[nH]nc2nc(Cl)nc(Cl)c12. The average molecular weight is 217 g/mol. The highest BCUT2D eigenvalue weighted by Crippen LogP contribution is 2.23. The maximum atomic E-state index is 5.89. The molecule has 0 saturated heterocycles. The summed E-state index contributed by atoms with van der Waals surface area (Å²) in [5, 5.41) is 8.02. The van der Waals surface area contributed by atoms with E-state index >= 15 is 0 Å². The van der Waals surface area contributed by atoms with Gasteiger partial charge in [-0.3, -0.25) is 5.10 Å². The van der Waals surface area contributed by atoms with E-state index in [9.17, 15) is 0 Å². The monoisotopic (exact) mass is 216 g/mol. The summed E-state index contributed by atoms with van der Waals surface area (Å²) in [4.78, 5) is 7.77. The highest BCUT2D eigenvalue weighted by Gasteiger charge is 2.11. The third-order valence-corrected chi connectivity index (χ3v) is 2.21. The largest absolute Gasteiger partial charge is 0.280 e. The smallest absolute Gasteiger partial charge is 0.225 e. The molecule has 2 rings (SSSR count). The van der Waals surface area contributed by atoms with Crippen molar-refractivity contribution in [3.63, 3.8) is 0 Å². The second-order valence-electron chi connectivity index (χ2n) is 2.54. The van der Waals surface area contributed by atoms with Gasteiger partial charge in [0.2, 0.25) is 5.28 Å². The Morgan fingerprint density at radius 3 is 2.77 bits per heavy atom. The van der Waals surface area contributed by atoms with Crippen molar-refractivity contribution < 1.29 is 0 Å². The Morgan fingerprint density at radius 1 is 1.31 bits per heavy atom. The second-order valence-corrected chi connectivity index (χ2v) is 3.23. The molecule has 4 nitrogen and oxygen atoms in total. The van der Waals surface area contributed by atoms with Crippen LogP contribution in [0, 0.1) is 0 Å². The van der Waals surface area contributed by atoms with Crippen molar-refractivity contribution in [2.45, 2.75) is 13.3 Å². The molecule has 0 aromatic carbocycles. The molecule has 0 aliphatic heterocycles. The molecule has 0 amide bonds. The lowest BCUT2D eigenvalue weighted by molar-refractivity contribution is 0.983. The van der Waals surface area contributed by atoms with Gasteiger partial charge in [-0.15, -0.1) is 0 Å². The maximum Gasteiger partial charge on any atom is 0.225 e. The molecule has 0 saturated carbocycles. The van der Waals surface area contributed by atoms with Crippen LogP contribution in [0.1, 0.15) is 12.6 Å². The number of aromatic amines is 1. The third kappa shape index (κ3) is 1.36. The normalized spacial score (nSPS) is 11.0. The van der Waals surface area contributed by atoms with Crippen molar-refractivity contribution in [1.29, 1.82) is 0 Å². The summed E-state index contributed by atoms with van der Waals surface area (Å²) < 4.78 is 0. The van der Waals surface area contributed by atoms with Crippen LogP contribution in [0.3, 0.4) is 0 Å². The first-order valence-electron chi connectivity index (χ1n) is 3.78. The Bertz CT molecular complexity index is 451. The number of hydrogen-bond acceptors (Lipinski definition) is 3. The highest BCUT2D eigenvalue weighted by atomic mass is 35.5. The molecule has 2 aromatic heterocycles. The first kappa shape index (κ1) is 8.72. The summed E-state index contributed by atoms with van der Waals surface area (Å²) in [7, 11) is 0. The molecule has 68 valence electrons. The lowest BCUT2D eigenvalue weighted by Gasteiger charge is -1.94. The van der Waals surface area contributed by atoms with Crippen molar-refractivity contribution in [3.05, 3.63) is 16.1 Å². The molecule has 0 unspecified atom stereocenters. The van der Waals surface area contributed by atoms with Crippen LogP contribution in [-0.4, -0.2) is 20.2 Å². The Morgan fingerprint density at radius 2 is 2.08 bits per heavy atom. The molecule has 0 aliphatic rings. The summed E-state index contributed by atoms with van der Waals surface area (Å²) in [6.45, 7) is 2.00. The Labute approximate surface area is 84.3 Å². The summed E-state index contributed by atoms with van der Waals surface area (Å²) in [5.74, 6) is 0. The minimum Gasteiger partial charge on any atom is -0.280 e. The van der Waals surface area contributed by atoms with Gasteiger partial charge in [0.1, 0.15) is 5.15 Å². The zero-order chi connectivity index (χ0) is 9.42. The van der Waals surface area contributed by atoms with E-state index in [-0.39, 0.29) is 5.28 Å². The summed E-state index contributed by atoms with van der Waals surface area (Å²) in [5.41, 5.74) is 1.44. The number of nitrogens with one attached hydrogen (secondary N) is 1. The second kappa shape index (κ2) is 3.12. The van der Waals surface area contributed by atoms with Gasteiger partial charge in [-0.1, -0.05) is 18.5 Å². The van der Waals surface area contributed by atoms with Crippen LogP contribution in [0.5, 0.6) is 0 Å². The predicted molar refractivity (Wildman–Crippen MR) is 51.1 cm³/mol. The van der Waals surface area contributed by atoms with E-state index in [4.69, 9.17) is 23.2 Å². The van der Waals surface area contributed by atoms with Gasteiger partial charge in [-0.2, -0.15) is 10.1 Å². The lowest BCUT2D eigenvalue weighted by atomic mass is 10.2.